The monoisotopic (exact) mass is 296 g/mol. The summed E-state index contributed by atoms with van der Waals surface area (Å²) < 4.78 is 21.7. The molecule has 0 aliphatic carbocycles. The van der Waals surface area contributed by atoms with Crippen LogP contribution in [0.4, 0.5) is 0 Å². The van der Waals surface area contributed by atoms with Crippen LogP contribution in [0.1, 0.15) is 17.5 Å². The van der Waals surface area contributed by atoms with Gasteiger partial charge in [-0.15, -0.1) is 0 Å². The van der Waals surface area contributed by atoms with Crippen LogP contribution in [0, 0.1) is 0 Å². The number of benzene rings is 1. The molecule has 1 aliphatic heterocycles. The third-order valence-electron chi connectivity index (χ3n) is 3.83. The van der Waals surface area contributed by atoms with Crippen molar-refractivity contribution in [2.24, 2.45) is 0 Å². The molecule has 20 heavy (non-hydrogen) atoms. The van der Waals surface area contributed by atoms with Crippen molar-refractivity contribution < 1.29 is 18.0 Å². The highest BCUT2D eigenvalue weighted by molar-refractivity contribution is 6.60. The number of hydrogen-bond acceptors (Lipinski definition) is 4. The molecule has 1 aliphatic rings. The zero-order chi connectivity index (χ0) is 14.4. The standard InChI is InChI=1S/C15H24O4Si/c1-16-20(17-2,18-3)10-6-9-13-7-4-5-8-14(13)11-15-12-19-15/h4-5,7-8,15H,6,9-12H2,1-3H3. The van der Waals surface area contributed by atoms with Crippen LogP contribution in [0.3, 0.4) is 0 Å². The molecule has 1 aromatic rings. The largest absolute Gasteiger partial charge is 0.500 e. The first kappa shape index (κ1) is 15.7. The lowest BCUT2D eigenvalue weighted by atomic mass is 10.00. The van der Waals surface area contributed by atoms with Gasteiger partial charge in [0.25, 0.3) is 0 Å². The molecule has 1 atom stereocenters. The molecule has 112 valence electrons. The zero-order valence-corrected chi connectivity index (χ0v) is 13.6. The number of aryl methyl sites for hydroxylation is 1. The Hall–Kier alpha value is -0.723. The average Bonchev–Trinajstić information content (AvgIpc) is 3.30. The van der Waals surface area contributed by atoms with Crippen molar-refractivity contribution in [1.29, 1.82) is 0 Å². The molecular formula is C15H24O4Si. The predicted octanol–water partition coefficient (Wildman–Crippen LogP) is 2.44. The van der Waals surface area contributed by atoms with E-state index in [1.54, 1.807) is 21.3 Å². The van der Waals surface area contributed by atoms with Crippen molar-refractivity contribution in [3.8, 4) is 0 Å². The van der Waals surface area contributed by atoms with Gasteiger partial charge in [0, 0.05) is 33.8 Å². The molecule has 1 unspecified atom stereocenters. The molecule has 0 aromatic heterocycles. The summed E-state index contributed by atoms with van der Waals surface area (Å²) >= 11 is 0. The maximum Gasteiger partial charge on any atom is 0.500 e. The molecule has 0 N–H and O–H groups in total. The van der Waals surface area contributed by atoms with Crippen LogP contribution >= 0.6 is 0 Å². The fourth-order valence-electron chi connectivity index (χ4n) is 2.48. The molecule has 5 heteroatoms. The predicted molar refractivity (Wildman–Crippen MR) is 79.8 cm³/mol. The average molecular weight is 296 g/mol. The minimum absolute atomic E-state index is 0.432. The van der Waals surface area contributed by atoms with Gasteiger partial charge in [-0.1, -0.05) is 24.3 Å². The highest BCUT2D eigenvalue weighted by Gasteiger charge is 2.36. The molecular weight excluding hydrogens is 272 g/mol. The normalized spacial score (nSPS) is 18.2. The van der Waals surface area contributed by atoms with Gasteiger partial charge >= 0.3 is 8.80 Å². The lowest BCUT2D eigenvalue weighted by Crippen LogP contribution is -2.42. The maximum absolute atomic E-state index is 5.45. The van der Waals surface area contributed by atoms with E-state index in [0.29, 0.717) is 6.10 Å². The van der Waals surface area contributed by atoms with E-state index in [1.807, 2.05) is 0 Å². The Balaban J connectivity index is 1.89. The van der Waals surface area contributed by atoms with E-state index in [2.05, 4.69) is 24.3 Å². The fraction of sp³-hybridized carbons (Fsp3) is 0.600. The first-order valence-corrected chi connectivity index (χ1v) is 9.00. The summed E-state index contributed by atoms with van der Waals surface area (Å²) in [4.78, 5) is 0. The summed E-state index contributed by atoms with van der Waals surface area (Å²) in [6.07, 6.45) is 3.48. The molecule has 0 bridgehead atoms. The molecule has 1 fully saturated rings. The quantitative estimate of drug-likeness (QED) is 0.518. The summed E-state index contributed by atoms with van der Waals surface area (Å²) in [5.74, 6) is 0. The minimum atomic E-state index is -2.43. The van der Waals surface area contributed by atoms with E-state index in [9.17, 15) is 0 Å². The Morgan fingerprint density at radius 2 is 1.70 bits per heavy atom. The summed E-state index contributed by atoms with van der Waals surface area (Å²) in [5, 5.41) is 0. The molecule has 0 spiro atoms. The van der Waals surface area contributed by atoms with Crippen molar-refractivity contribution in [1.82, 2.24) is 0 Å². The highest BCUT2D eigenvalue weighted by atomic mass is 28.4. The Kier molecular flexibility index (Phi) is 5.74. The van der Waals surface area contributed by atoms with E-state index in [-0.39, 0.29) is 0 Å². The van der Waals surface area contributed by atoms with Gasteiger partial charge in [-0.3, -0.25) is 0 Å². The Bertz CT molecular complexity index is 408. The minimum Gasteiger partial charge on any atom is -0.377 e. The van der Waals surface area contributed by atoms with Crippen molar-refractivity contribution in [2.45, 2.75) is 31.4 Å². The van der Waals surface area contributed by atoms with Crippen molar-refractivity contribution in [3.63, 3.8) is 0 Å². The first-order valence-electron chi connectivity index (χ1n) is 7.07. The first-order chi connectivity index (χ1) is 9.73. The highest BCUT2D eigenvalue weighted by Crippen LogP contribution is 2.22. The van der Waals surface area contributed by atoms with Crippen LogP contribution in [-0.2, 0) is 30.9 Å². The second-order valence-electron chi connectivity index (χ2n) is 5.08. The molecule has 1 saturated heterocycles. The van der Waals surface area contributed by atoms with Crippen LogP contribution < -0.4 is 0 Å². The van der Waals surface area contributed by atoms with E-state index in [4.69, 9.17) is 18.0 Å². The summed E-state index contributed by atoms with van der Waals surface area (Å²) in [6.45, 7) is 0.904. The molecule has 1 aromatic carbocycles. The van der Waals surface area contributed by atoms with Crippen molar-refractivity contribution in [3.05, 3.63) is 35.4 Å². The van der Waals surface area contributed by atoms with Gasteiger partial charge in [0.15, 0.2) is 0 Å². The van der Waals surface area contributed by atoms with Gasteiger partial charge in [-0.25, -0.2) is 0 Å². The van der Waals surface area contributed by atoms with Crippen LogP contribution in [0.25, 0.3) is 0 Å². The molecule has 2 rings (SSSR count). The topological polar surface area (TPSA) is 40.2 Å². The molecule has 4 nitrogen and oxygen atoms in total. The summed E-state index contributed by atoms with van der Waals surface area (Å²) in [5.41, 5.74) is 2.80. The van der Waals surface area contributed by atoms with E-state index in [1.165, 1.54) is 11.1 Å². The van der Waals surface area contributed by atoms with E-state index >= 15 is 0 Å². The summed E-state index contributed by atoms with van der Waals surface area (Å²) in [6, 6.07) is 9.43. The summed E-state index contributed by atoms with van der Waals surface area (Å²) in [7, 11) is 2.56. The second-order valence-corrected chi connectivity index (χ2v) is 8.17. The van der Waals surface area contributed by atoms with Crippen LogP contribution in [0.2, 0.25) is 6.04 Å². The van der Waals surface area contributed by atoms with Gasteiger partial charge < -0.3 is 18.0 Å². The van der Waals surface area contributed by atoms with Gasteiger partial charge in [0.2, 0.25) is 0 Å². The Labute approximate surface area is 122 Å². The van der Waals surface area contributed by atoms with Gasteiger partial charge in [0.05, 0.1) is 12.7 Å². The molecule has 0 amide bonds. The SMILES string of the molecule is CO[Si](CCCc1ccccc1CC1CO1)(OC)OC. The van der Waals surface area contributed by atoms with Crippen molar-refractivity contribution >= 4 is 8.80 Å². The smallest absolute Gasteiger partial charge is 0.377 e. The zero-order valence-electron chi connectivity index (χ0n) is 12.6. The van der Waals surface area contributed by atoms with E-state index in [0.717, 1.165) is 31.9 Å². The lowest BCUT2D eigenvalue weighted by Gasteiger charge is -2.24. The Morgan fingerprint density at radius 1 is 1.10 bits per heavy atom. The van der Waals surface area contributed by atoms with E-state index < -0.39 is 8.80 Å². The lowest BCUT2D eigenvalue weighted by molar-refractivity contribution is 0.123. The fourth-order valence-corrected chi connectivity index (χ4v) is 4.21. The molecule has 0 saturated carbocycles. The molecule has 0 radical (unpaired) electrons. The third kappa shape index (κ3) is 4.13. The maximum atomic E-state index is 5.45. The number of epoxide rings is 1. The Morgan fingerprint density at radius 3 is 2.25 bits per heavy atom. The van der Waals surface area contributed by atoms with Crippen LogP contribution in [-0.4, -0.2) is 42.8 Å². The van der Waals surface area contributed by atoms with Gasteiger partial charge in [-0.2, -0.15) is 0 Å². The third-order valence-corrected chi connectivity index (χ3v) is 6.66. The van der Waals surface area contributed by atoms with Gasteiger partial charge in [0.1, 0.15) is 0 Å². The van der Waals surface area contributed by atoms with Crippen molar-refractivity contribution in [2.75, 3.05) is 27.9 Å². The number of hydrogen-bond donors (Lipinski definition) is 0. The van der Waals surface area contributed by atoms with Crippen LogP contribution in [0.5, 0.6) is 0 Å². The number of rotatable bonds is 9. The second kappa shape index (κ2) is 7.33. The number of ether oxygens (including phenoxy) is 1. The van der Waals surface area contributed by atoms with Crippen LogP contribution in [0.15, 0.2) is 24.3 Å². The van der Waals surface area contributed by atoms with Gasteiger partial charge in [-0.05, 0) is 24.0 Å². The molecule has 1 heterocycles.